The van der Waals surface area contributed by atoms with E-state index in [0.29, 0.717) is 6.61 Å². The first-order valence-corrected chi connectivity index (χ1v) is 9.94. The van der Waals surface area contributed by atoms with Gasteiger partial charge in [-0.3, -0.25) is 4.98 Å². The fourth-order valence-corrected chi connectivity index (χ4v) is 3.99. The third-order valence-electron chi connectivity index (χ3n) is 4.46. The summed E-state index contributed by atoms with van der Waals surface area (Å²) in [4.78, 5) is 19.9. The molecule has 6 heteroatoms. The summed E-state index contributed by atoms with van der Waals surface area (Å²) < 4.78 is 5.21. The number of carbonyl (C=O) groups is 1. The zero-order valence-electron chi connectivity index (χ0n) is 15.1. The summed E-state index contributed by atoms with van der Waals surface area (Å²) in [7, 11) is 1.68. The van der Waals surface area contributed by atoms with Crippen molar-refractivity contribution in [2.24, 2.45) is 0 Å². The SMILES string of the molecule is COCC1CCCN1C(=O)Nc1ccc(SCCc2ccccn2)cc1. The van der Waals surface area contributed by atoms with Crippen LogP contribution in [0.5, 0.6) is 0 Å². The molecule has 2 heterocycles. The van der Waals surface area contributed by atoms with E-state index in [4.69, 9.17) is 4.74 Å². The second kappa shape index (κ2) is 9.59. The van der Waals surface area contributed by atoms with E-state index >= 15 is 0 Å². The number of nitrogens with zero attached hydrogens (tertiary/aromatic N) is 2. The van der Waals surface area contributed by atoms with Crippen LogP contribution in [0.4, 0.5) is 10.5 Å². The Morgan fingerprint density at radius 1 is 1.31 bits per heavy atom. The molecule has 0 aliphatic carbocycles. The largest absolute Gasteiger partial charge is 0.383 e. The standard InChI is InChI=1S/C20H25N3O2S/c1-25-15-18-6-4-13-23(18)20(24)22-17-7-9-19(10-8-17)26-14-11-16-5-2-3-12-21-16/h2-3,5,7-10,12,18H,4,6,11,13-15H2,1H3,(H,22,24). The summed E-state index contributed by atoms with van der Waals surface area (Å²) in [5, 5.41) is 2.99. The molecule has 3 rings (SSSR count). The van der Waals surface area contributed by atoms with Crippen LogP contribution in [-0.4, -0.2) is 48.0 Å². The Bertz CT molecular complexity index is 694. The van der Waals surface area contributed by atoms with Gasteiger partial charge >= 0.3 is 6.03 Å². The number of nitrogens with one attached hydrogen (secondary N) is 1. The first-order chi connectivity index (χ1) is 12.8. The number of hydrogen-bond acceptors (Lipinski definition) is 4. The second-order valence-corrected chi connectivity index (χ2v) is 7.49. The van der Waals surface area contributed by atoms with Gasteiger partial charge in [0.05, 0.1) is 12.6 Å². The number of hydrogen-bond donors (Lipinski definition) is 1. The lowest BCUT2D eigenvalue weighted by molar-refractivity contribution is 0.128. The lowest BCUT2D eigenvalue weighted by atomic mass is 10.2. The van der Waals surface area contributed by atoms with E-state index in [1.54, 1.807) is 18.9 Å². The number of benzene rings is 1. The van der Waals surface area contributed by atoms with Crippen molar-refractivity contribution in [3.8, 4) is 0 Å². The van der Waals surface area contributed by atoms with Crippen molar-refractivity contribution in [2.45, 2.75) is 30.2 Å². The number of methoxy groups -OCH3 is 1. The maximum absolute atomic E-state index is 12.5. The van der Waals surface area contributed by atoms with Gasteiger partial charge in [-0.05, 0) is 55.7 Å². The molecule has 1 aliphatic heterocycles. The molecular weight excluding hydrogens is 346 g/mol. The topological polar surface area (TPSA) is 54.5 Å². The van der Waals surface area contributed by atoms with Crippen molar-refractivity contribution >= 4 is 23.5 Å². The van der Waals surface area contributed by atoms with E-state index < -0.39 is 0 Å². The molecule has 1 aliphatic rings. The molecule has 1 aromatic carbocycles. The van der Waals surface area contributed by atoms with Crippen molar-refractivity contribution in [1.29, 1.82) is 0 Å². The minimum atomic E-state index is -0.0416. The Labute approximate surface area is 159 Å². The van der Waals surface area contributed by atoms with Crippen LogP contribution in [0.3, 0.4) is 0 Å². The maximum atomic E-state index is 12.5. The van der Waals surface area contributed by atoms with E-state index in [-0.39, 0.29) is 12.1 Å². The molecule has 1 unspecified atom stereocenters. The van der Waals surface area contributed by atoms with Crippen LogP contribution in [0.25, 0.3) is 0 Å². The first kappa shape index (κ1) is 18.7. The summed E-state index contributed by atoms with van der Waals surface area (Å²) in [6.45, 7) is 1.39. The van der Waals surface area contributed by atoms with Crippen LogP contribution in [0.1, 0.15) is 18.5 Å². The molecule has 0 spiro atoms. The van der Waals surface area contributed by atoms with Gasteiger partial charge in [0.1, 0.15) is 0 Å². The zero-order valence-corrected chi connectivity index (χ0v) is 15.9. The summed E-state index contributed by atoms with van der Waals surface area (Å²) in [6, 6.07) is 14.2. The molecule has 1 fully saturated rings. The van der Waals surface area contributed by atoms with Crippen LogP contribution in [-0.2, 0) is 11.2 Å². The van der Waals surface area contributed by atoms with E-state index in [9.17, 15) is 4.79 Å². The monoisotopic (exact) mass is 371 g/mol. The number of carbonyl (C=O) groups excluding carboxylic acids is 1. The number of pyridine rings is 1. The maximum Gasteiger partial charge on any atom is 0.322 e. The third-order valence-corrected chi connectivity index (χ3v) is 5.47. The molecule has 0 bridgehead atoms. The Balaban J connectivity index is 1.47. The summed E-state index contributed by atoms with van der Waals surface area (Å²) in [5.41, 5.74) is 1.94. The van der Waals surface area contributed by atoms with Crippen molar-refractivity contribution in [2.75, 3.05) is 31.3 Å². The van der Waals surface area contributed by atoms with Gasteiger partial charge in [0.25, 0.3) is 0 Å². The van der Waals surface area contributed by atoms with Gasteiger partial charge in [-0.1, -0.05) is 6.07 Å². The zero-order chi connectivity index (χ0) is 18.2. The van der Waals surface area contributed by atoms with Crippen molar-refractivity contribution in [3.63, 3.8) is 0 Å². The molecule has 2 amide bonds. The van der Waals surface area contributed by atoms with Crippen molar-refractivity contribution in [1.82, 2.24) is 9.88 Å². The predicted octanol–water partition coefficient (Wildman–Crippen LogP) is 4.06. The minimum absolute atomic E-state index is 0.0416. The number of likely N-dealkylation sites (tertiary alicyclic amines) is 1. The first-order valence-electron chi connectivity index (χ1n) is 8.95. The minimum Gasteiger partial charge on any atom is -0.383 e. The smallest absolute Gasteiger partial charge is 0.322 e. The quantitative estimate of drug-likeness (QED) is 0.746. The van der Waals surface area contributed by atoms with E-state index in [1.165, 1.54) is 4.90 Å². The Hall–Kier alpha value is -2.05. The number of anilines is 1. The number of ether oxygens (including phenoxy) is 1. The lowest BCUT2D eigenvalue weighted by Gasteiger charge is -2.24. The summed E-state index contributed by atoms with van der Waals surface area (Å²) >= 11 is 1.80. The van der Waals surface area contributed by atoms with Crippen molar-refractivity contribution < 1.29 is 9.53 Å². The summed E-state index contributed by atoms with van der Waals surface area (Å²) in [6.07, 6.45) is 4.81. The Morgan fingerprint density at radius 2 is 2.15 bits per heavy atom. The molecule has 1 atom stereocenters. The van der Waals surface area contributed by atoms with Gasteiger partial charge in [0.15, 0.2) is 0 Å². The van der Waals surface area contributed by atoms with E-state index in [2.05, 4.69) is 22.4 Å². The molecule has 0 radical (unpaired) electrons. The molecule has 1 N–H and O–H groups in total. The number of thioether (sulfide) groups is 1. The average molecular weight is 372 g/mol. The van der Waals surface area contributed by atoms with Gasteiger partial charge < -0.3 is 15.0 Å². The van der Waals surface area contributed by atoms with Gasteiger partial charge in [-0.2, -0.15) is 0 Å². The lowest BCUT2D eigenvalue weighted by Crippen LogP contribution is -2.40. The Morgan fingerprint density at radius 3 is 2.88 bits per heavy atom. The fraction of sp³-hybridized carbons (Fsp3) is 0.400. The van der Waals surface area contributed by atoms with Crippen molar-refractivity contribution in [3.05, 3.63) is 54.4 Å². The molecular formula is C20H25N3O2S. The normalized spacial score (nSPS) is 16.7. The fourth-order valence-electron chi connectivity index (χ4n) is 3.12. The number of aryl methyl sites for hydroxylation is 1. The summed E-state index contributed by atoms with van der Waals surface area (Å²) in [5.74, 6) is 0.981. The number of rotatable bonds is 7. The average Bonchev–Trinajstić information content (AvgIpc) is 3.13. The predicted molar refractivity (Wildman–Crippen MR) is 106 cm³/mol. The molecule has 138 valence electrons. The molecule has 26 heavy (non-hydrogen) atoms. The number of aromatic nitrogens is 1. The molecule has 1 aromatic heterocycles. The second-order valence-electron chi connectivity index (χ2n) is 6.32. The molecule has 0 saturated carbocycles. The number of amides is 2. The number of urea groups is 1. The highest BCUT2D eigenvalue weighted by Crippen LogP contribution is 2.23. The molecule has 2 aromatic rings. The van der Waals surface area contributed by atoms with Gasteiger partial charge in [-0.15, -0.1) is 11.8 Å². The van der Waals surface area contributed by atoms with Gasteiger partial charge in [-0.25, -0.2) is 4.79 Å². The van der Waals surface area contributed by atoms with Crippen LogP contribution in [0, 0.1) is 0 Å². The van der Waals surface area contributed by atoms with Crippen LogP contribution >= 0.6 is 11.8 Å². The van der Waals surface area contributed by atoms with E-state index in [1.807, 2.05) is 41.4 Å². The van der Waals surface area contributed by atoms with E-state index in [0.717, 1.165) is 42.9 Å². The molecule has 1 saturated heterocycles. The van der Waals surface area contributed by atoms with Gasteiger partial charge in [0.2, 0.25) is 0 Å². The highest BCUT2D eigenvalue weighted by molar-refractivity contribution is 7.99. The van der Waals surface area contributed by atoms with Gasteiger partial charge in [0, 0.05) is 41.9 Å². The Kier molecular flexibility index (Phi) is 6.91. The van der Waals surface area contributed by atoms with Crippen LogP contribution in [0.2, 0.25) is 0 Å². The third kappa shape index (κ3) is 5.22. The van der Waals surface area contributed by atoms with Crippen LogP contribution < -0.4 is 5.32 Å². The highest BCUT2D eigenvalue weighted by atomic mass is 32.2. The highest BCUT2D eigenvalue weighted by Gasteiger charge is 2.28. The van der Waals surface area contributed by atoms with Crippen LogP contribution in [0.15, 0.2) is 53.6 Å². The molecule has 5 nitrogen and oxygen atoms in total.